The summed E-state index contributed by atoms with van der Waals surface area (Å²) in [5.41, 5.74) is 10.6. The Bertz CT molecular complexity index is 2550. The summed E-state index contributed by atoms with van der Waals surface area (Å²) in [7, 11) is 0. The van der Waals surface area contributed by atoms with Crippen molar-refractivity contribution in [3.63, 3.8) is 0 Å². The van der Waals surface area contributed by atoms with Crippen molar-refractivity contribution in [1.82, 2.24) is 0 Å². The lowest BCUT2D eigenvalue weighted by Crippen LogP contribution is -2.11. The van der Waals surface area contributed by atoms with Crippen molar-refractivity contribution in [3.05, 3.63) is 188 Å². The Balaban J connectivity index is 1.29. The van der Waals surface area contributed by atoms with Gasteiger partial charge >= 0.3 is 0 Å². The van der Waals surface area contributed by atoms with Crippen molar-refractivity contribution in [3.8, 4) is 33.4 Å². The Hall–Kier alpha value is -5.96. The van der Waals surface area contributed by atoms with Gasteiger partial charge in [-0.15, -0.1) is 11.3 Å². The van der Waals surface area contributed by atoms with E-state index >= 15 is 0 Å². The zero-order chi connectivity index (χ0) is 31.9. The van der Waals surface area contributed by atoms with E-state index in [-0.39, 0.29) is 0 Å². The van der Waals surface area contributed by atoms with Gasteiger partial charge in [0, 0.05) is 37.1 Å². The summed E-state index contributed by atoms with van der Waals surface area (Å²) < 4.78 is 2.62. The van der Waals surface area contributed by atoms with Gasteiger partial charge in [0.1, 0.15) is 0 Å². The third kappa shape index (κ3) is 5.04. The summed E-state index contributed by atoms with van der Waals surface area (Å²) in [5, 5.41) is 5.09. The second-order valence-corrected chi connectivity index (χ2v) is 13.2. The molecule has 0 bridgehead atoms. The van der Waals surface area contributed by atoms with Crippen LogP contribution in [0.3, 0.4) is 0 Å². The Kier molecular flexibility index (Phi) is 7.07. The minimum Gasteiger partial charge on any atom is -0.310 e. The summed E-state index contributed by atoms with van der Waals surface area (Å²) in [6, 6.07) is 68.2. The van der Waals surface area contributed by atoms with Crippen molar-refractivity contribution < 1.29 is 0 Å². The van der Waals surface area contributed by atoms with E-state index in [0.29, 0.717) is 0 Å². The summed E-state index contributed by atoms with van der Waals surface area (Å²) in [6.07, 6.45) is 0. The van der Waals surface area contributed by atoms with Gasteiger partial charge in [-0.3, -0.25) is 0 Å². The largest absolute Gasteiger partial charge is 0.310 e. The highest BCUT2D eigenvalue weighted by atomic mass is 32.1. The molecule has 1 aromatic heterocycles. The maximum Gasteiger partial charge on any atom is 0.0546 e. The van der Waals surface area contributed by atoms with E-state index in [4.69, 9.17) is 0 Å². The second kappa shape index (κ2) is 12.0. The molecule has 0 aliphatic heterocycles. The lowest BCUT2D eigenvalue weighted by molar-refractivity contribution is 1.29. The van der Waals surface area contributed by atoms with Crippen LogP contribution in [-0.2, 0) is 0 Å². The molecule has 1 heterocycles. The number of hydrogen-bond donors (Lipinski definition) is 0. The first-order valence-electron chi connectivity index (χ1n) is 16.3. The third-order valence-electron chi connectivity index (χ3n) is 9.26. The number of rotatable bonds is 6. The Morgan fingerprint density at radius 3 is 1.73 bits per heavy atom. The van der Waals surface area contributed by atoms with Crippen molar-refractivity contribution >= 4 is 59.3 Å². The fourth-order valence-corrected chi connectivity index (χ4v) is 8.09. The van der Waals surface area contributed by atoms with Crippen LogP contribution in [0.5, 0.6) is 0 Å². The molecule has 0 aliphatic carbocycles. The minimum absolute atomic E-state index is 1.11. The number of nitrogens with zero attached hydrogens (tertiary/aromatic N) is 1. The molecular weight excluding hydrogens is 599 g/mol. The standard InChI is InChI=1S/C46H31NS/c1-3-12-32(13-4-1)34-22-26-38(27-23-34)47(39-18-11-17-36(30-39)33-14-5-2-6-15-33)43-29-25-35-16-7-8-19-40(35)46(43)37-24-28-42-41-20-9-10-21-44(41)48-45(42)31-37/h1-31H. The zero-order valence-electron chi connectivity index (χ0n) is 26.3. The first-order valence-corrected chi connectivity index (χ1v) is 17.2. The SMILES string of the molecule is c1ccc(-c2ccc(N(c3cccc(-c4ccccc4)c3)c3ccc4ccccc4c3-c3ccc4c(c3)sc3ccccc34)cc2)cc1. The molecule has 0 fully saturated rings. The van der Waals surface area contributed by atoms with E-state index in [9.17, 15) is 0 Å². The summed E-state index contributed by atoms with van der Waals surface area (Å²) in [6.45, 7) is 0. The van der Waals surface area contributed by atoms with Crippen LogP contribution < -0.4 is 4.90 Å². The van der Waals surface area contributed by atoms with Gasteiger partial charge in [0.15, 0.2) is 0 Å². The molecule has 226 valence electrons. The number of anilines is 3. The normalized spacial score (nSPS) is 11.3. The van der Waals surface area contributed by atoms with Gasteiger partial charge < -0.3 is 4.90 Å². The maximum atomic E-state index is 2.43. The van der Waals surface area contributed by atoms with Crippen LogP contribution in [0, 0.1) is 0 Å². The Morgan fingerprint density at radius 2 is 0.938 bits per heavy atom. The molecule has 0 N–H and O–H groups in total. The number of fused-ring (bicyclic) bond motifs is 4. The van der Waals surface area contributed by atoms with Gasteiger partial charge in [0.25, 0.3) is 0 Å². The molecule has 9 rings (SSSR count). The lowest BCUT2D eigenvalue weighted by atomic mass is 9.94. The van der Waals surface area contributed by atoms with Gasteiger partial charge in [0.05, 0.1) is 5.69 Å². The third-order valence-corrected chi connectivity index (χ3v) is 10.4. The van der Waals surface area contributed by atoms with Crippen LogP contribution in [0.25, 0.3) is 64.3 Å². The molecule has 0 amide bonds. The summed E-state index contributed by atoms with van der Waals surface area (Å²) >= 11 is 1.87. The van der Waals surface area contributed by atoms with E-state index in [0.717, 1.165) is 17.1 Å². The average Bonchev–Trinajstić information content (AvgIpc) is 3.54. The Morgan fingerprint density at radius 1 is 0.333 bits per heavy atom. The van der Waals surface area contributed by atoms with E-state index < -0.39 is 0 Å². The maximum absolute atomic E-state index is 2.43. The van der Waals surface area contributed by atoms with Crippen LogP contribution in [0.2, 0.25) is 0 Å². The van der Waals surface area contributed by atoms with Gasteiger partial charge in [-0.1, -0.05) is 146 Å². The highest BCUT2D eigenvalue weighted by molar-refractivity contribution is 7.25. The van der Waals surface area contributed by atoms with Crippen LogP contribution >= 0.6 is 11.3 Å². The minimum atomic E-state index is 1.11. The van der Waals surface area contributed by atoms with E-state index in [2.05, 4.69) is 193 Å². The predicted octanol–water partition coefficient (Wildman–Crippen LogP) is 13.7. The molecule has 0 aliphatic rings. The molecular formula is C46H31NS. The molecule has 1 nitrogen and oxygen atoms in total. The number of thiophene rings is 1. The molecule has 0 radical (unpaired) electrons. The molecule has 2 heteroatoms. The highest BCUT2D eigenvalue weighted by Crippen LogP contribution is 2.46. The molecule has 0 spiro atoms. The first-order chi connectivity index (χ1) is 23.8. The van der Waals surface area contributed by atoms with Crippen molar-refractivity contribution in [1.29, 1.82) is 0 Å². The van der Waals surface area contributed by atoms with E-state index in [1.807, 2.05) is 11.3 Å². The first kappa shape index (κ1) is 28.3. The monoisotopic (exact) mass is 629 g/mol. The predicted molar refractivity (Wildman–Crippen MR) is 208 cm³/mol. The summed E-state index contributed by atoms with van der Waals surface area (Å²) in [4.78, 5) is 2.43. The molecule has 48 heavy (non-hydrogen) atoms. The Labute approximate surface area is 284 Å². The quantitative estimate of drug-likeness (QED) is 0.177. The van der Waals surface area contributed by atoms with Crippen LogP contribution in [0.1, 0.15) is 0 Å². The van der Waals surface area contributed by atoms with Gasteiger partial charge in [-0.05, 0) is 81.1 Å². The molecule has 0 saturated carbocycles. The molecule has 0 unspecified atom stereocenters. The molecule has 9 aromatic rings. The number of hydrogen-bond acceptors (Lipinski definition) is 2. The van der Waals surface area contributed by atoms with Crippen molar-refractivity contribution in [2.75, 3.05) is 4.90 Å². The molecule has 8 aromatic carbocycles. The van der Waals surface area contributed by atoms with Gasteiger partial charge in [-0.25, -0.2) is 0 Å². The lowest BCUT2D eigenvalue weighted by Gasteiger charge is -2.29. The zero-order valence-corrected chi connectivity index (χ0v) is 27.1. The van der Waals surface area contributed by atoms with Crippen molar-refractivity contribution in [2.45, 2.75) is 0 Å². The second-order valence-electron chi connectivity index (χ2n) is 12.2. The molecule has 0 atom stereocenters. The summed E-state index contributed by atoms with van der Waals surface area (Å²) in [5.74, 6) is 0. The fourth-order valence-electron chi connectivity index (χ4n) is 6.95. The van der Waals surface area contributed by atoms with Crippen LogP contribution in [-0.4, -0.2) is 0 Å². The average molecular weight is 630 g/mol. The van der Waals surface area contributed by atoms with Gasteiger partial charge in [0.2, 0.25) is 0 Å². The van der Waals surface area contributed by atoms with Crippen LogP contribution in [0.15, 0.2) is 188 Å². The highest BCUT2D eigenvalue weighted by Gasteiger charge is 2.21. The van der Waals surface area contributed by atoms with Crippen molar-refractivity contribution in [2.24, 2.45) is 0 Å². The molecule has 0 saturated heterocycles. The van der Waals surface area contributed by atoms with E-state index in [1.54, 1.807) is 0 Å². The smallest absolute Gasteiger partial charge is 0.0546 e. The fraction of sp³-hybridized carbons (Fsp3) is 0. The number of benzene rings is 8. The van der Waals surface area contributed by atoms with E-state index in [1.165, 1.54) is 64.3 Å². The van der Waals surface area contributed by atoms with Gasteiger partial charge in [-0.2, -0.15) is 0 Å². The van der Waals surface area contributed by atoms with Crippen LogP contribution in [0.4, 0.5) is 17.1 Å². The topological polar surface area (TPSA) is 3.24 Å².